The average Bonchev–Trinajstić information content (AvgIpc) is 2.75. The maximum absolute atomic E-state index is 13.4. The lowest BCUT2D eigenvalue weighted by molar-refractivity contribution is -0.117. The van der Waals surface area contributed by atoms with Crippen LogP contribution in [-0.2, 0) is 4.79 Å². The van der Waals surface area contributed by atoms with Crippen molar-refractivity contribution in [3.05, 3.63) is 28.5 Å². The Balaban J connectivity index is 2.05. The van der Waals surface area contributed by atoms with Crippen molar-refractivity contribution >= 4 is 27.5 Å². The molecule has 1 amide bonds. The standard InChI is InChI=1S/C11H12BrFN2O/c12-7-3-4-9(8(13)6-7)15-11(16)10-2-1-5-14-10/h3-4,6,10,14H,1-2,5H2,(H,15,16). The van der Waals surface area contributed by atoms with E-state index in [9.17, 15) is 9.18 Å². The summed E-state index contributed by atoms with van der Waals surface area (Å²) in [5, 5.41) is 5.65. The Hall–Kier alpha value is -0.940. The molecule has 2 rings (SSSR count). The van der Waals surface area contributed by atoms with E-state index in [1.807, 2.05) is 0 Å². The molecule has 1 heterocycles. The molecule has 86 valence electrons. The van der Waals surface area contributed by atoms with E-state index >= 15 is 0 Å². The van der Waals surface area contributed by atoms with Gasteiger partial charge in [0, 0.05) is 4.47 Å². The predicted molar refractivity (Wildman–Crippen MR) is 63.8 cm³/mol. The summed E-state index contributed by atoms with van der Waals surface area (Å²) in [5.74, 6) is -0.598. The van der Waals surface area contributed by atoms with Gasteiger partial charge in [-0.25, -0.2) is 4.39 Å². The number of rotatable bonds is 2. The van der Waals surface area contributed by atoms with Crippen LogP contribution in [0.2, 0.25) is 0 Å². The van der Waals surface area contributed by atoms with Crippen LogP contribution >= 0.6 is 15.9 Å². The van der Waals surface area contributed by atoms with Crippen LogP contribution in [0.15, 0.2) is 22.7 Å². The number of anilines is 1. The molecule has 0 aliphatic carbocycles. The molecule has 0 spiro atoms. The van der Waals surface area contributed by atoms with Crippen molar-refractivity contribution in [2.45, 2.75) is 18.9 Å². The zero-order chi connectivity index (χ0) is 11.5. The second kappa shape index (κ2) is 4.93. The average molecular weight is 287 g/mol. The Morgan fingerprint density at radius 1 is 1.56 bits per heavy atom. The zero-order valence-electron chi connectivity index (χ0n) is 8.59. The molecule has 0 aromatic heterocycles. The first kappa shape index (κ1) is 11.5. The second-order valence-electron chi connectivity index (χ2n) is 3.76. The Kier molecular flexibility index (Phi) is 3.56. The lowest BCUT2D eigenvalue weighted by atomic mass is 10.2. The molecule has 2 N–H and O–H groups in total. The third-order valence-corrected chi connectivity index (χ3v) is 3.06. The van der Waals surface area contributed by atoms with E-state index in [-0.39, 0.29) is 17.6 Å². The third kappa shape index (κ3) is 2.59. The first-order valence-electron chi connectivity index (χ1n) is 5.16. The summed E-state index contributed by atoms with van der Waals surface area (Å²) in [5.41, 5.74) is 0.224. The van der Waals surface area contributed by atoms with Gasteiger partial charge in [0.2, 0.25) is 5.91 Å². The van der Waals surface area contributed by atoms with Gasteiger partial charge in [-0.2, -0.15) is 0 Å². The number of hydrogen-bond acceptors (Lipinski definition) is 2. The molecule has 1 aliphatic rings. The Morgan fingerprint density at radius 3 is 3.00 bits per heavy atom. The predicted octanol–water partition coefficient (Wildman–Crippen LogP) is 2.28. The molecule has 1 aromatic carbocycles. The fraction of sp³-hybridized carbons (Fsp3) is 0.364. The molecule has 5 heteroatoms. The molecule has 0 radical (unpaired) electrons. The second-order valence-corrected chi connectivity index (χ2v) is 4.68. The van der Waals surface area contributed by atoms with Gasteiger partial charge in [-0.15, -0.1) is 0 Å². The molecule has 1 saturated heterocycles. The van der Waals surface area contributed by atoms with Crippen molar-refractivity contribution in [3.8, 4) is 0 Å². The quantitative estimate of drug-likeness (QED) is 0.876. The van der Waals surface area contributed by atoms with E-state index in [1.165, 1.54) is 6.07 Å². The number of carbonyl (C=O) groups is 1. The van der Waals surface area contributed by atoms with Crippen molar-refractivity contribution < 1.29 is 9.18 Å². The highest BCUT2D eigenvalue weighted by molar-refractivity contribution is 9.10. The van der Waals surface area contributed by atoms with Gasteiger partial charge < -0.3 is 10.6 Å². The number of amides is 1. The fourth-order valence-electron chi connectivity index (χ4n) is 1.72. The first-order valence-corrected chi connectivity index (χ1v) is 5.95. The smallest absolute Gasteiger partial charge is 0.241 e. The van der Waals surface area contributed by atoms with Crippen LogP contribution in [0.25, 0.3) is 0 Å². The van der Waals surface area contributed by atoms with Crippen molar-refractivity contribution in [2.24, 2.45) is 0 Å². The number of halogens is 2. The molecule has 1 atom stereocenters. The molecule has 1 unspecified atom stereocenters. The molecule has 3 nitrogen and oxygen atoms in total. The molecule has 16 heavy (non-hydrogen) atoms. The van der Waals surface area contributed by atoms with Crippen LogP contribution in [0.5, 0.6) is 0 Å². The molecule has 0 saturated carbocycles. The summed E-state index contributed by atoms with van der Waals surface area (Å²) >= 11 is 3.16. The maximum atomic E-state index is 13.4. The van der Waals surface area contributed by atoms with Gasteiger partial charge in [0.25, 0.3) is 0 Å². The lowest BCUT2D eigenvalue weighted by Gasteiger charge is -2.11. The van der Waals surface area contributed by atoms with Gasteiger partial charge in [-0.05, 0) is 37.6 Å². The van der Waals surface area contributed by atoms with Crippen molar-refractivity contribution in [3.63, 3.8) is 0 Å². The van der Waals surface area contributed by atoms with Gasteiger partial charge in [-0.3, -0.25) is 4.79 Å². The molecule has 1 fully saturated rings. The van der Waals surface area contributed by atoms with Gasteiger partial charge >= 0.3 is 0 Å². The minimum Gasteiger partial charge on any atom is -0.322 e. The summed E-state index contributed by atoms with van der Waals surface area (Å²) in [6.07, 6.45) is 1.80. The molecule has 1 aromatic rings. The zero-order valence-corrected chi connectivity index (χ0v) is 10.2. The van der Waals surface area contributed by atoms with Crippen LogP contribution < -0.4 is 10.6 Å². The van der Waals surface area contributed by atoms with Crippen LogP contribution in [-0.4, -0.2) is 18.5 Å². The number of carbonyl (C=O) groups excluding carboxylic acids is 1. The first-order chi connectivity index (χ1) is 7.66. The summed E-state index contributed by atoms with van der Waals surface area (Å²) in [7, 11) is 0. The van der Waals surface area contributed by atoms with E-state index in [0.29, 0.717) is 4.47 Å². The molecule has 1 aliphatic heterocycles. The van der Waals surface area contributed by atoms with Gasteiger partial charge in [0.05, 0.1) is 11.7 Å². The van der Waals surface area contributed by atoms with Crippen molar-refractivity contribution in [1.82, 2.24) is 5.32 Å². The third-order valence-electron chi connectivity index (χ3n) is 2.57. The summed E-state index contributed by atoms with van der Waals surface area (Å²) in [6, 6.07) is 4.38. The van der Waals surface area contributed by atoms with Gasteiger partial charge in [0.15, 0.2) is 0 Å². The van der Waals surface area contributed by atoms with Crippen LogP contribution in [0, 0.1) is 5.82 Å². The molecule has 0 bridgehead atoms. The van der Waals surface area contributed by atoms with Gasteiger partial charge in [-0.1, -0.05) is 15.9 Å². The van der Waals surface area contributed by atoms with E-state index in [4.69, 9.17) is 0 Å². The highest BCUT2D eigenvalue weighted by Crippen LogP contribution is 2.20. The topological polar surface area (TPSA) is 41.1 Å². The number of nitrogens with one attached hydrogen (secondary N) is 2. The lowest BCUT2D eigenvalue weighted by Crippen LogP contribution is -2.35. The van der Waals surface area contributed by atoms with Crippen molar-refractivity contribution in [2.75, 3.05) is 11.9 Å². The van der Waals surface area contributed by atoms with E-state index in [0.717, 1.165) is 19.4 Å². The molecular weight excluding hydrogens is 275 g/mol. The largest absolute Gasteiger partial charge is 0.322 e. The van der Waals surface area contributed by atoms with Crippen LogP contribution in [0.1, 0.15) is 12.8 Å². The summed E-state index contributed by atoms with van der Waals surface area (Å²) < 4.78 is 14.1. The Morgan fingerprint density at radius 2 is 2.38 bits per heavy atom. The Bertz CT molecular complexity index is 405. The number of hydrogen-bond donors (Lipinski definition) is 2. The highest BCUT2D eigenvalue weighted by atomic mass is 79.9. The fourth-order valence-corrected chi connectivity index (χ4v) is 2.05. The van der Waals surface area contributed by atoms with Crippen molar-refractivity contribution in [1.29, 1.82) is 0 Å². The normalized spacial score (nSPS) is 19.8. The van der Waals surface area contributed by atoms with E-state index in [2.05, 4.69) is 26.6 Å². The van der Waals surface area contributed by atoms with E-state index in [1.54, 1.807) is 12.1 Å². The summed E-state index contributed by atoms with van der Waals surface area (Å²) in [6.45, 7) is 0.848. The minimum atomic E-state index is -0.430. The Labute approximate surface area is 102 Å². The van der Waals surface area contributed by atoms with Gasteiger partial charge in [0.1, 0.15) is 5.82 Å². The summed E-state index contributed by atoms with van der Waals surface area (Å²) in [4.78, 5) is 11.7. The van der Waals surface area contributed by atoms with Crippen LogP contribution in [0.3, 0.4) is 0 Å². The highest BCUT2D eigenvalue weighted by Gasteiger charge is 2.22. The van der Waals surface area contributed by atoms with Crippen LogP contribution in [0.4, 0.5) is 10.1 Å². The number of benzene rings is 1. The molecular formula is C11H12BrFN2O. The SMILES string of the molecule is O=C(Nc1ccc(Br)cc1F)C1CCCN1. The van der Waals surface area contributed by atoms with E-state index < -0.39 is 5.82 Å². The maximum Gasteiger partial charge on any atom is 0.241 e. The monoisotopic (exact) mass is 286 g/mol. The minimum absolute atomic E-state index is 0.168.